The molecule has 3 heterocycles. The topological polar surface area (TPSA) is 114 Å². The molecule has 4 aromatic rings. The first-order valence-electron chi connectivity index (χ1n) is 14.4. The number of pyridine rings is 2. The van der Waals surface area contributed by atoms with Crippen LogP contribution in [0.2, 0.25) is 0 Å². The van der Waals surface area contributed by atoms with E-state index in [9.17, 15) is 17.6 Å². The number of amides is 1. The van der Waals surface area contributed by atoms with Gasteiger partial charge in [0, 0.05) is 54.0 Å². The second-order valence-corrected chi connectivity index (χ2v) is 13.6. The molecular weight excluding hydrogens is 588 g/mol. The molecule has 230 valence electrons. The Balaban J connectivity index is 1.40. The fraction of sp³-hybridized carbons (Fsp3) is 0.344. The number of nitrogens with zero attached hydrogens (tertiary/aromatic N) is 3. The summed E-state index contributed by atoms with van der Waals surface area (Å²) in [6.07, 6.45) is 5.11. The quantitative estimate of drug-likeness (QED) is 0.250. The molecule has 2 aliphatic rings. The minimum Gasteiger partial charge on any atom is -0.475 e. The second kappa shape index (κ2) is 11.1. The van der Waals surface area contributed by atoms with Gasteiger partial charge >= 0.3 is 0 Å². The largest absolute Gasteiger partial charge is 0.475 e. The molecule has 0 unspecified atom stereocenters. The van der Waals surface area contributed by atoms with E-state index >= 15 is 4.39 Å². The standard InChI is InChI=1S/C32H33F2N5O4S/c1-18(2)35-9-10-43-30-27(38-44(4,41)42)11-20(16-37-30)23-12-24-26(13-25(23)34)36-17-28-29(24)32(31(40)39(28)3)14-21(15-32)19-5-7-22(33)8-6-19/h5-8,11-13,16-18,21,35,38H,9-10,14-15H2,1-4H3/t21-,32+. The average molecular weight is 622 g/mol. The van der Waals surface area contributed by atoms with Crippen LogP contribution < -0.4 is 19.7 Å². The van der Waals surface area contributed by atoms with Crippen LogP contribution in [0.15, 0.2) is 54.9 Å². The van der Waals surface area contributed by atoms with Crippen molar-refractivity contribution in [3.8, 4) is 17.0 Å². The van der Waals surface area contributed by atoms with Crippen molar-refractivity contribution >= 4 is 38.2 Å². The number of carbonyl (C=O) groups is 1. The van der Waals surface area contributed by atoms with Crippen molar-refractivity contribution in [1.29, 1.82) is 0 Å². The molecule has 12 heteroatoms. The van der Waals surface area contributed by atoms with Crippen LogP contribution in [0.25, 0.3) is 22.0 Å². The highest BCUT2D eigenvalue weighted by Crippen LogP contribution is 2.60. The lowest BCUT2D eigenvalue weighted by atomic mass is 9.57. The highest BCUT2D eigenvalue weighted by atomic mass is 32.2. The number of fused-ring (bicyclic) bond motifs is 4. The maximum Gasteiger partial charge on any atom is 0.238 e. The van der Waals surface area contributed by atoms with E-state index < -0.39 is 21.3 Å². The van der Waals surface area contributed by atoms with E-state index in [1.807, 2.05) is 13.8 Å². The Kier molecular flexibility index (Phi) is 7.53. The number of sulfonamides is 1. The van der Waals surface area contributed by atoms with E-state index in [1.165, 1.54) is 30.5 Å². The number of halogens is 2. The molecule has 0 bridgehead atoms. The highest BCUT2D eigenvalue weighted by molar-refractivity contribution is 7.92. The van der Waals surface area contributed by atoms with Crippen LogP contribution in [0, 0.1) is 11.6 Å². The average Bonchev–Trinajstić information content (AvgIpc) is 3.17. The number of nitrogens with one attached hydrogen (secondary N) is 2. The molecule has 2 N–H and O–H groups in total. The van der Waals surface area contributed by atoms with Crippen molar-refractivity contribution in [2.75, 3.05) is 36.1 Å². The zero-order valence-corrected chi connectivity index (χ0v) is 25.6. The summed E-state index contributed by atoms with van der Waals surface area (Å²) in [6.45, 7) is 4.76. The predicted molar refractivity (Wildman–Crippen MR) is 165 cm³/mol. The Morgan fingerprint density at radius 3 is 2.50 bits per heavy atom. The van der Waals surface area contributed by atoms with E-state index in [0.29, 0.717) is 41.5 Å². The number of anilines is 2. The molecule has 1 saturated carbocycles. The second-order valence-electron chi connectivity index (χ2n) is 11.9. The summed E-state index contributed by atoms with van der Waals surface area (Å²) >= 11 is 0. The van der Waals surface area contributed by atoms with Crippen molar-refractivity contribution in [2.45, 2.75) is 44.1 Å². The van der Waals surface area contributed by atoms with Gasteiger partial charge in [-0.1, -0.05) is 26.0 Å². The lowest BCUT2D eigenvalue weighted by molar-refractivity contribution is -0.126. The van der Waals surface area contributed by atoms with Gasteiger partial charge in [-0.25, -0.2) is 22.2 Å². The zero-order valence-electron chi connectivity index (χ0n) is 24.8. The van der Waals surface area contributed by atoms with Gasteiger partial charge in [-0.15, -0.1) is 0 Å². The van der Waals surface area contributed by atoms with Crippen molar-refractivity contribution in [3.63, 3.8) is 0 Å². The van der Waals surface area contributed by atoms with Crippen LogP contribution in [-0.2, 0) is 20.2 Å². The number of hydrogen-bond acceptors (Lipinski definition) is 7. The molecule has 1 spiro atoms. The smallest absolute Gasteiger partial charge is 0.238 e. The minimum absolute atomic E-state index is 0.0548. The van der Waals surface area contributed by atoms with Crippen molar-refractivity contribution in [3.05, 3.63) is 77.6 Å². The molecular formula is C32H33F2N5O4S. The molecule has 1 amide bonds. The zero-order chi connectivity index (χ0) is 31.4. The molecule has 1 aliphatic carbocycles. The molecule has 9 nitrogen and oxygen atoms in total. The van der Waals surface area contributed by atoms with Crippen molar-refractivity contribution in [2.24, 2.45) is 0 Å². The van der Waals surface area contributed by atoms with Gasteiger partial charge in [-0.2, -0.15) is 0 Å². The Morgan fingerprint density at radius 1 is 1.09 bits per heavy atom. The van der Waals surface area contributed by atoms with E-state index in [2.05, 4.69) is 20.0 Å². The number of likely N-dealkylation sites (N-methyl/N-ethyl adjacent to an activating group) is 1. The van der Waals surface area contributed by atoms with Crippen molar-refractivity contribution < 1.29 is 26.7 Å². The van der Waals surface area contributed by atoms with Crippen LogP contribution in [-0.4, -0.2) is 56.8 Å². The number of aromatic nitrogens is 2. The maximum absolute atomic E-state index is 15.7. The van der Waals surface area contributed by atoms with E-state index in [0.717, 1.165) is 17.4 Å². The lowest BCUT2D eigenvalue weighted by Gasteiger charge is -2.44. The molecule has 2 aromatic heterocycles. The van der Waals surface area contributed by atoms with Crippen molar-refractivity contribution in [1.82, 2.24) is 15.3 Å². The Morgan fingerprint density at radius 2 is 1.82 bits per heavy atom. The number of hydrogen-bond donors (Lipinski definition) is 2. The van der Waals surface area contributed by atoms with E-state index in [4.69, 9.17) is 4.74 Å². The van der Waals surface area contributed by atoms with Gasteiger partial charge < -0.3 is 15.0 Å². The third-order valence-electron chi connectivity index (χ3n) is 8.37. The lowest BCUT2D eigenvalue weighted by Crippen LogP contribution is -2.47. The van der Waals surface area contributed by atoms with Gasteiger partial charge in [0.05, 0.1) is 29.1 Å². The summed E-state index contributed by atoms with van der Waals surface area (Å²) in [5, 5.41) is 3.84. The van der Waals surface area contributed by atoms with Gasteiger partial charge in [-0.3, -0.25) is 14.5 Å². The molecule has 2 aromatic carbocycles. The van der Waals surface area contributed by atoms with Crippen LogP contribution in [0.5, 0.6) is 5.88 Å². The van der Waals surface area contributed by atoms with E-state index in [1.54, 1.807) is 36.3 Å². The summed E-state index contributed by atoms with van der Waals surface area (Å²) in [6, 6.07) is 11.1. The van der Waals surface area contributed by atoms with Gasteiger partial charge in [-0.05, 0) is 48.6 Å². The molecule has 44 heavy (non-hydrogen) atoms. The Labute approximate surface area is 254 Å². The maximum atomic E-state index is 15.7. The number of carbonyl (C=O) groups excluding carboxylic acids is 1. The first-order valence-corrected chi connectivity index (χ1v) is 16.3. The summed E-state index contributed by atoms with van der Waals surface area (Å²) < 4.78 is 61.7. The Bertz CT molecular complexity index is 1880. The van der Waals surface area contributed by atoms with Gasteiger partial charge in [0.1, 0.15) is 23.9 Å². The first kappa shape index (κ1) is 29.9. The SMILES string of the molecule is CC(C)NCCOc1ncc(-c2cc3c(cc2F)ncc2c3[C@]3(C[C@H](c4ccc(F)cc4)C3)C(=O)N2C)cc1NS(C)(=O)=O. The predicted octanol–water partition coefficient (Wildman–Crippen LogP) is 5.12. The molecule has 1 fully saturated rings. The summed E-state index contributed by atoms with van der Waals surface area (Å²) in [5.74, 6) is -0.805. The fourth-order valence-corrected chi connectivity index (χ4v) is 6.88. The number of rotatable bonds is 9. The number of ether oxygens (including phenoxy) is 1. The van der Waals surface area contributed by atoms with Gasteiger partial charge in [0.2, 0.25) is 21.8 Å². The number of benzene rings is 2. The summed E-state index contributed by atoms with van der Waals surface area (Å²) in [7, 11) is -1.99. The van der Waals surface area contributed by atoms with Gasteiger partial charge in [0.15, 0.2) is 0 Å². The van der Waals surface area contributed by atoms with Crippen LogP contribution in [0.4, 0.5) is 20.2 Å². The van der Waals surface area contributed by atoms with Crippen LogP contribution in [0.3, 0.4) is 0 Å². The third kappa shape index (κ3) is 5.36. The minimum atomic E-state index is -3.70. The molecule has 0 radical (unpaired) electrons. The molecule has 6 rings (SSSR count). The highest BCUT2D eigenvalue weighted by Gasteiger charge is 2.58. The molecule has 0 atom stereocenters. The first-order chi connectivity index (χ1) is 20.9. The monoisotopic (exact) mass is 621 g/mol. The van der Waals surface area contributed by atoms with Crippen LogP contribution in [0.1, 0.15) is 43.7 Å². The molecule has 1 aliphatic heterocycles. The van der Waals surface area contributed by atoms with Gasteiger partial charge in [0.25, 0.3) is 0 Å². The van der Waals surface area contributed by atoms with E-state index in [-0.39, 0.29) is 47.4 Å². The summed E-state index contributed by atoms with van der Waals surface area (Å²) in [5.41, 5.74) is 2.58. The fourth-order valence-electron chi connectivity index (χ4n) is 6.33. The third-order valence-corrected chi connectivity index (χ3v) is 8.96. The Hall–Kier alpha value is -4.16. The normalized spacial score (nSPS) is 19.5. The summed E-state index contributed by atoms with van der Waals surface area (Å²) in [4.78, 5) is 24.1. The molecule has 0 saturated heterocycles. The van der Waals surface area contributed by atoms with Crippen LogP contribution >= 0.6 is 0 Å².